The maximum atomic E-state index is 5.99. The van der Waals surface area contributed by atoms with Gasteiger partial charge in [0.25, 0.3) is 0 Å². The fraction of sp³-hybridized carbons (Fsp3) is 0.250. The number of ether oxygens (including phenoxy) is 2. The summed E-state index contributed by atoms with van der Waals surface area (Å²) in [6.45, 7) is 4.15. The molecule has 0 saturated carbocycles. The molecule has 2 aromatic rings. The maximum absolute atomic E-state index is 5.99. The van der Waals surface area contributed by atoms with Crippen LogP contribution in [-0.4, -0.2) is 5.60 Å². The highest BCUT2D eigenvalue weighted by atomic mass is 79.9. The summed E-state index contributed by atoms with van der Waals surface area (Å²) in [5.74, 6) is 2.16. The SMILES string of the molecule is CC1(C)Cc2cccc(Oc3ccc(Br)cc3N)c2O1. The molecule has 0 bridgehead atoms. The van der Waals surface area contributed by atoms with Gasteiger partial charge in [-0.3, -0.25) is 0 Å². The Morgan fingerprint density at radius 2 is 2.00 bits per heavy atom. The molecule has 1 aliphatic rings. The summed E-state index contributed by atoms with van der Waals surface area (Å²) in [7, 11) is 0. The lowest BCUT2D eigenvalue weighted by Crippen LogP contribution is -2.24. The highest BCUT2D eigenvalue weighted by Gasteiger charge is 2.32. The number of rotatable bonds is 2. The Hall–Kier alpha value is -1.68. The minimum absolute atomic E-state index is 0.187. The van der Waals surface area contributed by atoms with Crippen LogP contribution in [0, 0.1) is 0 Å². The smallest absolute Gasteiger partial charge is 0.169 e. The molecule has 104 valence electrons. The largest absolute Gasteiger partial charge is 0.483 e. The van der Waals surface area contributed by atoms with Crippen LogP contribution in [0.3, 0.4) is 0 Å². The van der Waals surface area contributed by atoms with Crippen molar-refractivity contribution in [2.75, 3.05) is 5.73 Å². The van der Waals surface area contributed by atoms with E-state index in [9.17, 15) is 0 Å². The number of benzene rings is 2. The number of hydrogen-bond donors (Lipinski definition) is 1. The van der Waals surface area contributed by atoms with Gasteiger partial charge in [-0.2, -0.15) is 0 Å². The molecule has 3 nitrogen and oxygen atoms in total. The Bertz CT molecular complexity index is 668. The number of nitrogens with two attached hydrogens (primary N) is 1. The van der Waals surface area contributed by atoms with Gasteiger partial charge in [0.2, 0.25) is 0 Å². The van der Waals surface area contributed by atoms with E-state index in [-0.39, 0.29) is 5.60 Å². The zero-order chi connectivity index (χ0) is 14.3. The first-order chi connectivity index (χ1) is 9.44. The maximum Gasteiger partial charge on any atom is 0.169 e. The third-order valence-electron chi connectivity index (χ3n) is 3.25. The summed E-state index contributed by atoms with van der Waals surface area (Å²) in [5, 5.41) is 0. The molecule has 1 heterocycles. The third-order valence-corrected chi connectivity index (χ3v) is 3.74. The van der Waals surface area contributed by atoms with Crippen molar-refractivity contribution in [3.05, 3.63) is 46.4 Å². The second-order valence-corrected chi connectivity index (χ2v) is 6.48. The molecule has 0 saturated heterocycles. The molecular formula is C16H16BrNO2. The molecule has 2 aromatic carbocycles. The molecule has 0 atom stereocenters. The van der Waals surface area contributed by atoms with E-state index in [4.69, 9.17) is 15.2 Å². The van der Waals surface area contributed by atoms with Crippen LogP contribution >= 0.6 is 15.9 Å². The molecule has 0 unspecified atom stereocenters. The van der Waals surface area contributed by atoms with Gasteiger partial charge in [0.1, 0.15) is 5.60 Å². The van der Waals surface area contributed by atoms with E-state index >= 15 is 0 Å². The Morgan fingerprint density at radius 3 is 2.75 bits per heavy atom. The second-order valence-electron chi connectivity index (χ2n) is 5.57. The summed E-state index contributed by atoms with van der Waals surface area (Å²) in [6, 6.07) is 11.5. The predicted octanol–water partition coefficient (Wildman–Crippen LogP) is 4.54. The van der Waals surface area contributed by atoms with Crippen LogP contribution in [0.5, 0.6) is 17.2 Å². The minimum atomic E-state index is -0.187. The Balaban J connectivity index is 1.95. The highest BCUT2D eigenvalue weighted by Crippen LogP contribution is 2.44. The van der Waals surface area contributed by atoms with Crippen molar-refractivity contribution in [3.63, 3.8) is 0 Å². The van der Waals surface area contributed by atoms with Crippen LogP contribution in [0.4, 0.5) is 5.69 Å². The van der Waals surface area contributed by atoms with Crippen LogP contribution in [-0.2, 0) is 6.42 Å². The van der Waals surface area contributed by atoms with Crippen molar-refractivity contribution in [3.8, 4) is 17.2 Å². The average molecular weight is 334 g/mol. The van der Waals surface area contributed by atoms with Gasteiger partial charge < -0.3 is 15.2 Å². The molecule has 20 heavy (non-hydrogen) atoms. The van der Waals surface area contributed by atoms with Gasteiger partial charge in [0.05, 0.1) is 5.69 Å². The fourth-order valence-corrected chi connectivity index (χ4v) is 2.78. The fourth-order valence-electron chi connectivity index (χ4n) is 2.40. The standard InChI is InChI=1S/C16H16BrNO2/c1-16(2)9-10-4-3-5-14(15(10)20-16)19-13-7-6-11(17)8-12(13)18/h3-8H,9,18H2,1-2H3. The Labute approximate surface area is 126 Å². The van der Waals surface area contributed by atoms with Gasteiger partial charge >= 0.3 is 0 Å². The van der Waals surface area contributed by atoms with Gasteiger partial charge in [-0.25, -0.2) is 0 Å². The number of anilines is 1. The van der Waals surface area contributed by atoms with Crippen LogP contribution in [0.2, 0.25) is 0 Å². The molecule has 4 heteroatoms. The first-order valence-electron chi connectivity index (χ1n) is 6.48. The van der Waals surface area contributed by atoms with Gasteiger partial charge in [-0.1, -0.05) is 28.1 Å². The van der Waals surface area contributed by atoms with Crippen molar-refractivity contribution in [1.82, 2.24) is 0 Å². The molecule has 0 radical (unpaired) electrons. The minimum Gasteiger partial charge on any atom is -0.483 e. The highest BCUT2D eigenvalue weighted by molar-refractivity contribution is 9.10. The summed E-state index contributed by atoms with van der Waals surface area (Å²) >= 11 is 3.39. The van der Waals surface area contributed by atoms with E-state index in [1.165, 1.54) is 5.56 Å². The van der Waals surface area contributed by atoms with Gasteiger partial charge in [0, 0.05) is 16.5 Å². The average Bonchev–Trinajstić information content (AvgIpc) is 2.67. The molecule has 0 spiro atoms. The van der Waals surface area contributed by atoms with Crippen LogP contribution in [0.1, 0.15) is 19.4 Å². The van der Waals surface area contributed by atoms with Crippen molar-refractivity contribution in [1.29, 1.82) is 0 Å². The van der Waals surface area contributed by atoms with E-state index in [2.05, 4.69) is 35.8 Å². The molecular weight excluding hydrogens is 318 g/mol. The third kappa shape index (κ3) is 2.48. The number of fused-ring (bicyclic) bond motifs is 1. The lowest BCUT2D eigenvalue weighted by molar-refractivity contribution is 0.135. The van der Waals surface area contributed by atoms with Crippen LogP contribution < -0.4 is 15.2 Å². The predicted molar refractivity (Wildman–Crippen MR) is 83.5 cm³/mol. The van der Waals surface area contributed by atoms with Gasteiger partial charge in [0.15, 0.2) is 17.2 Å². The number of nitrogen functional groups attached to an aromatic ring is 1. The number of halogens is 1. The van der Waals surface area contributed by atoms with Crippen molar-refractivity contribution in [2.24, 2.45) is 0 Å². The first-order valence-corrected chi connectivity index (χ1v) is 7.28. The lowest BCUT2D eigenvalue weighted by Gasteiger charge is -2.18. The van der Waals surface area contributed by atoms with Crippen molar-refractivity contribution >= 4 is 21.6 Å². The van der Waals surface area contributed by atoms with E-state index < -0.39 is 0 Å². The number of hydrogen-bond acceptors (Lipinski definition) is 3. The molecule has 0 aromatic heterocycles. The van der Waals surface area contributed by atoms with Crippen molar-refractivity contribution in [2.45, 2.75) is 25.9 Å². The Kier molecular flexibility index (Phi) is 3.13. The lowest BCUT2D eigenvalue weighted by atomic mass is 10.0. The summed E-state index contributed by atoms with van der Waals surface area (Å²) < 4.78 is 12.8. The van der Waals surface area contributed by atoms with E-state index in [0.717, 1.165) is 16.6 Å². The summed E-state index contributed by atoms with van der Waals surface area (Å²) in [4.78, 5) is 0. The molecule has 0 aliphatic carbocycles. The monoisotopic (exact) mass is 333 g/mol. The molecule has 3 rings (SSSR count). The molecule has 1 aliphatic heterocycles. The van der Waals surface area contributed by atoms with Crippen molar-refractivity contribution < 1.29 is 9.47 Å². The van der Waals surface area contributed by atoms with E-state index in [0.29, 0.717) is 17.2 Å². The molecule has 2 N–H and O–H groups in total. The van der Waals surface area contributed by atoms with Crippen LogP contribution in [0.15, 0.2) is 40.9 Å². The Morgan fingerprint density at radius 1 is 1.20 bits per heavy atom. The molecule has 0 fully saturated rings. The first kappa shape index (κ1) is 13.3. The summed E-state index contributed by atoms with van der Waals surface area (Å²) in [5.41, 5.74) is 7.55. The molecule has 0 amide bonds. The van der Waals surface area contributed by atoms with E-state index in [1.807, 2.05) is 30.3 Å². The topological polar surface area (TPSA) is 44.5 Å². The van der Waals surface area contributed by atoms with Gasteiger partial charge in [-0.15, -0.1) is 0 Å². The van der Waals surface area contributed by atoms with E-state index in [1.54, 1.807) is 0 Å². The normalized spacial score (nSPS) is 15.6. The zero-order valence-corrected chi connectivity index (χ0v) is 13.0. The van der Waals surface area contributed by atoms with Crippen LogP contribution in [0.25, 0.3) is 0 Å². The zero-order valence-electron chi connectivity index (χ0n) is 11.4. The quantitative estimate of drug-likeness (QED) is 0.820. The summed E-state index contributed by atoms with van der Waals surface area (Å²) in [6.07, 6.45) is 0.884. The number of para-hydroxylation sites is 1. The van der Waals surface area contributed by atoms with Gasteiger partial charge in [-0.05, 0) is 38.1 Å². The second kappa shape index (κ2) is 4.70.